The summed E-state index contributed by atoms with van der Waals surface area (Å²) in [7, 11) is 0. The molecule has 0 amide bonds. The van der Waals surface area contributed by atoms with Gasteiger partial charge in [0.05, 0.1) is 10.5 Å². The van der Waals surface area contributed by atoms with Crippen LogP contribution >= 0.6 is 11.8 Å². The van der Waals surface area contributed by atoms with Crippen molar-refractivity contribution in [1.29, 1.82) is 0 Å². The van der Waals surface area contributed by atoms with Gasteiger partial charge in [-0.25, -0.2) is 0 Å². The van der Waals surface area contributed by atoms with Gasteiger partial charge in [-0.3, -0.25) is 14.9 Å². The maximum Gasteiger partial charge on any atom is 0.311 e. The van der Waals surface area contributed by atoms with Crippen molar-refractivity contribution in [1.82, 2.24) is 4.90 Å². The lowest BCUT2D eigenvalue weighted by molar-refractivity contribution is -0.386. The third-order valence-corrected chi connectivity index (χ3v) is 7.11. The van der Waals surface area contributed by atoms with E-state index in [0.717, 1.165) is 36.4 Å². The Kier molecular flexibility index (Phi) is 5.84. The third kappa shape index (κ3) is 4.09. The Balaban J connectivity index is 1.75. The lowest BCUT2D eigenvalue weighted by Crippen LogP contribution is -2.53. The molecule has 0 saturated carbocycles. The van der Waals surface area contributed by atoms with Gasteiger partial charge in [-0.05, 0) is 63.5 Å². The molecule has 0 unspecified atom stereocenters. The van der Waals surface area contributed by atoms with Gasteiger partial charge in [-0.2, -0.15) is 0 Å². The van der Waals surface area contributed by atoms with Crippen molar-refractivity contribution in [3.63, 3.8) is 0 Å². The standard InChI is InChI=1S/C23H26N2O4S/c1-16-6-8-18(9-7-16)30-23(14-24-10-4-3-5-11-24)15-29-21-19(22(23)26)12-17(2)13-20(21)25(27)28/h6-9,12-13H,3-5,10-11,14-15H2,1-2H3/t23-/m1/s1. The number of hydrogen-bond acceptors (Lipinski definition) is 6. The van der Waals surface area contributed by atoms with Gasteiger partial charge in [-0.1, -0.05) is 24.1 Å². The summed E-state index contributed by atoms with van der Waals surface area (Å²) in [5, 5.41) is 11.5. The first-order valence-electron chi connectivity index (χ1n) is 10.3. The molecule has 158 valence electrons. The van der Waals surface area contributed by atoms with Crippen molar-refractivity contribution in [2.75, 3.05) is 26.2 Å². The second-order valence-corrected chi connectivity index (χ2v) is 9.74. The molecule has 1 atom stereocenters. The molecular weight excluding hydrogens is 400 g/mol. The summed E-state index contributed by atoms with van der Waals surface area (Å²) in [6.45, 7) is 6.43. The van der Waals surface area contributed by atoms with Crippen LogP contribution in [0.2, 0.25) is 0 Å². The van der Waals surface area contributed by atoms with E-state index in [1.165, 1.54) is 24.2 Å². The largest absolute Gasteiger partial charge is 0.484 e. The number of nitrogens with zero attached hydrogens (tertiary/aromatic N) is 2. The van der Waals surface area contributed by atoms with Crippen molar-refractivity contribution >= 4 is 23.2 Å². The number of carbonyl (C=O) groups excluding carboxylic acids is 1. The number of carbonyl (C=O) groups is 1. The van der Waals surface area contributed by atoms with E-state index in [2.05, 4.69) is 4.90 Å². The van der Waals surface area contributed by atoms with Crippen LogP contribution in [-0.2, 0) is 0 Å². The number of fused-ring (bicyclic) bond motifs is 1. The van der Waals surface area contributed by atoms with Gasteiger partial charge >= 0.3 is 5.69 Å². The number of hydrogen-bond donors (Lipinski definition) is 0. The molecular formula is C23H26N2O4S. The van der Waals surface area contributed by atoms with Crippen LogP contribution in [0.3, 0.4) is 0 Å². The molecule has 1 saturated heterocycles. The van der Waals surface area contributed by atoms with E-state index in [0.29, 0.717) is 17.7 Å². The Labute approximate surface area is 180 Å². The van der Waals surface area contributed by atoms with Crippen LogP contribution in [0.1, 0.15) is 40.7 Å². The summed E-state index contributed by atoms with van der Waals surface area (Å²) in [4.78, 5) is 28.3. The number of nitro groups is 1. The Bertz CT molecular complexity index is 970. The summed E-state index contributed by atoms with van der Waals surface area (Å²) in [6.07, 6.45) is 3.47. The summed E-state index contributed by atoms with van der Waals surface area (Å²) in [5.41, 5.74) is 2.04. The average Bonchev–Trinajstić information content (AvgIpc) is 2.73. The molecule has 0 bridgehead atoms. The lowest BCUT2D eigenvalue weighted by Gasteiger charge is -2.40. The number of ether oxygens (including phenoxy) is 1. The fourth-order valence-corrected chi connectivity index (χ4v) is 5.54. The van der Waals surface area contributed by atoms with Gasteiger partial charge in [-0.15, -0.1) is 11.8 Å². The van der Waals surface area contributed by atoms with Crippen LogP contribution in [0.5, 0.6) is 5.75 Å². The quantitative estimate of drug-likeness (QED) is 0.505. The number of likely N-dealkylation sites (tertiary alicyclic amines) is 1. The van der Waals surface area contributed by atoms with Gasteiger partial charge in [0.1, 0.15) is 11.4 Å². The molecule has 0 spiro atoms. The summed E-state index contributed by atoms with van der Waals surface area (Å²) in [5.74, 6) is 0.0288. The van der Waals surface area contributed by atoms with E-state index < -0.39 is 9.67 Å². The number of rotatable bonds is 5. The van der Waals surface area contributed by atoms with E-state index in [1.54, 1.807) is 13.0 Å². The zero-order valence-electron chi connectivity index (χ0n) is 17.3. The van der Waals surface area contributed by atoms with E-state index in [9.17, 15) is 14.9 Å². The van der Waals surface area contributed by atoms with Gasteiger partial charge in [0.15, 0.2) is 5.78 Å². The van der Waals surface area contributed by atoms with Gasteiger partial charge in [0, 0.05) is 17.5 Å². The van der Waals surface area contributed by atoms with Crippen molar-refractivity contribution in [3.8, 4) is 5.75 Å². The zero-order valence-corrected chi connectivity index (χ0v) is 18.2. The molecule has 2 aliphatic rings. The van der Waals surface area contributed by atoms with Gasteiger partial charge in [0.2, 0.25) is 5.75 Å². The average molecular weight is 427 g/mol. The molecule has 2 aliphatic heterocycles. The summed E-state index contributed by atoms with van der Waals surface area (Å²) < 4.78 is 5.15. The van der Waals surface area contributed by atoms with Crippen molar-refractivity contribution in [2.24, 2.45) is 0 Å². The monoisotopic (exact) mass is 426 g/mol. The molecule has 2 aromatic rings. The minimum Gasteiger partial charge on any atom is -0.484 e. The lowest BCUT2D eigenvalue weighted by atomic mass is 9.91. The molecule has 6 nitrogen and oxygen atoms in total. The summed E-state index contributed by atoms with van der Waals surface area (Å²) >= 11 is 1.52. The number of Topliss-reactive ketones (excluding diaryl/α,β-unsaturated/α-hetero) is 1. The number of nitro benzene ring substituents is 1. The van der Waals surface area contributed by atoms with Crippen LogP contribution in [0.15, 0.2) is 41.3 Å². The molecule has 4 rings (SSSR count). The fraction of sp³-hybridized carbons (Fsp3) is 0.435. The fourth-order valence-electron chi connectivity index (χ4n) is 4.25. The van der Waals surface area contributed by atoms with E-state index in [4.69, 9.17) is 4.74 Å². The second kappa shape index (κ2) is 8.40. The normalized spacial score (nSPS) is 21.7. The first-order valence-corrected chi connectivity index (χ1v) is 11.1. The topological polar surface area (TPSA) is 72.7 Å². The SMILES string of the molecule is Cc1ccc(S[C@]2(CN3CCCCC3)COc3c(cc(C)cc3[N+](=O)[O-])C2=O)cc1. The zero-order chi connectivity index (χ0) is 21.3. The van der Waals surface area contributed by atoms with Crippen molar-refractivity contribution < 1.29 is 14.5 Å². The maximum atomic E-state index is 13.9. The van der Waals surface area contributed by atoms with E-state index in [1.807, 2.05) is 31.2 Å². The predicted molar refractivity (Wildman–Crippen MR) is 118 cm³/mol. The van der Waals surface area contributed by atoms with Crippen LogP contribution in [0, 0.1) is 24.0 Å². The molecule has 1 fully saturated rings. The number of piperidine rings is 1. The number of benzene rings is 2. The molecule has 2 aromatic carbocycles. The van der Waals surface area contributed by atoms with Crippen molar-refractivity contribution in [2.45, 2.75) is 42.8 Å². The van der Waals surface area contributed by atoms with Gasteiger partial charge in [0.25, 0.3) is 0 Å². The molecule has 2 heterocycles. The predicted octanol–water partition coefficient (Wildman–Crippen LogP) is 4.80. The highest BCUT2D eigenvalue weighted by molar-refractivity contribution is 8.01. The highest BCUT2D eigenvalue weighted by Gasteiger charge is 2.48. The van der Waals surface area contributed by atoms with Gasteiger partial charge < -0.3 is 9.64 Å². The van der Waals surface area contributed by atoms with Crippen LogP contribution in [0.4, 0.5) is 5.69 Å². The van der Waals surface area contributed by atoms with Crippen LogP contribution < -0.4 is 4.74 Å². The van der Waals surface area contributed by atoms with Crippen LogP contribution in [0.25, 0.3) is 0 Å². The highest BCUT2D eigenvalue weighted by atomic mass is 32.2. The molecule has 7 heteroatoms. The minimum absolute atomic E-state index is 0.0771. The highest BCUT2D eigenvalue weighted by Crippen LogP contribution is 2.45. The molecule has 0 aliphatic carbocycles. The number of ketones is 1. The maximum absolute atomic E-state index is 13.9. The molecule has 0 N–H and O–H groups in total. The molecule has 0 radical (unpaired) electrons. The summed E-state index contributed by atoms with van der Waals surface area (Å²) in [6, 6.07) is 11.3. The molecule has 30 heavy (non-hydrogen) atoms. The first kappa shape index (κ1) is 20.9. The Morgan fingerprint density at radius 2 is 1.80 bits per heavy atom. The van der Waals surface area contributed by atoms with Crippen LogP contribution in [-0.4, -0.2) is 46.6 Å². The second-order valence-electron chi connectivity index (χ2n) is 8.28. The Morgan fingerprint density at radius 3 is 2.47 bits per heavy atom. The van der Waals surface area contributed by atoms with Crippen molar-refractivity contribution in [3.05, 3.63) is 63.2 Å². The number of thioether (sulfide) groups is 1. The van der Waals surface area contributed by atoms with E-state index >= 15 is 0 Å². The van der Waals surface area contributed by atoms with E-state index in [-0.39, 0.29) is 23.8 Å². The number of aryl methyl sites for hydroxylation is 2. The Hall–Kier alpha value is -2.38. The third-order valence-electron chi connectivity index (χ3n) is 5.78. The minimum atomic E-state index is -0.832. The first-order chi connectivity index (χ1) is 14.4. The smallest absolute Gasteiger partial charge is 0.311 e. The Morgan fingerprint density at radius 1 is 1.10 bits per heavy atom. The molecule has 0 aromatic heterocycles.